The van der Waals surface area contributed by atoms with Gasteiger partial charge in [-0.1, -0.05) is 49.4 Å². The molecule has 9 heteroatoms. The van der Waals surface area contributed by atoms with E-state index < -0.39 is 6.10 Å². The predicted octanol–water partition coefficient (Wildman–Crippen LogP) is 3.33. The lowest BCUT2D eigenvalue weighted by Gasteiger charge is -2.27. The van der Waals surface area contributed by atoms with Crippen molar-refractivity contribution in [3.05, 3.63) is 77.9 Å². The fraction of sp³-hybridized carbons (Fsp3) is 0.125. The van der Waals surface area contributed by atoms with Gasteiger partial charge in [0, 0.05) is 11.6 Å². The number of rotatable bonds is 5. The highest BCUT2D eigenvalue weighted by molar-refractivity contribution is 6.00. The Morgan fingerprint density at radius 1 is 1.06 bits per heavy atom. The summed E-state index contributed by atoms with van der Waals surface area (Å²) in [6.45, 7) is 2.08. The van der Waals surface area contributed by atoms with E-state index >= 15 is 0 Å². The van der Waals surface area contributed by atoms with E-state index in [1.807, 2.05) is 54.6 Å². The topological polar surface area (TPSA) is 150 Å². The predicted molar refractivity (Wildman–Crippen MR) is 128 cm³/mol. The molecule has 0 spiro atoms. The van der Waals surface area contributed by atoms with Crippen LogP contribution in [0, 0.1) is 0 Å². The summed E-state index contributed by atoms with van der Waals surface area (Å²) in [6, 6.07) is 20.2. The molecule has 33 heavy (non-hydrogen) atoms. The number of nitrogens with zero attached hydrogens (tertiary/aromatic N) is 2. The van der Waals surface area contributed by atoms with Crippen molar-refractivity contribution in [2.45, 2.75) is 19.4 Å². The van der Waals surface area contributed by atoms with Gasteiger partial charge in [-0.05, 0) is 30.2 Å². The quantitative estimate of drug-likeness (QED) is 0.350. The van der Waals surface area contributed by atoms with Crippen molar-refractivity contribution in [1.29, 1.82) is 0 Å². The van der Waals surface area contributed by atoms with E-state index in [1.165, 1.54) is 5.56 Å². The number of guanidine groups is 2. The summed E-state index contributed by atoms with van der Waals surface area (Å²) in [6.07, 6.45) is 0.120. The summed E-state index contributed by atoms with van der Waals surface area (Å²) >= 11 is 0. The summed E-state index contributed by atoms with van der Waals surface area (Å²) in [5.74, 6) is 0.700. The monoisotopic (exact) mass is 444 g/mol. The first kappa shape index (κ1) is 21.7. The van der Waals surface area contributed by atoms with Gasteiger partial charge in [-0.3, -0.25) is 4.79 Å². The Balaban J connectivity index is 1.74. The number of aryl methyl sites for hydroxylation is 1. The summed E-state index contributed by atoms with van der Waals surface area (Å²) in [5, 5.41) is 2.85. The summed E-state index contributed by atoms with van der Waals surface area (Å²) in [4.78, 5) is 20.7. The molecule has 3 aromatic rings. The molecule has 9 nitrogen and oxygen atoms in total. The molecule has 1 heterocycles. The first-order valence-electron chi connectivity index (χ1n) is 10.3. The second kappa shape index (κ2) is 9.31. The largest absolute Gasteiger partial charge is 0.473 e. The van der Waals surface area contributed by atoms with Gasteiger partial charge in [0.25, 0.3) is 5.91 Å². The minimum Gasteiger partial charge on any atom is -0.473 e. The minimum absolute atomic E-state index is 0.161. The average molecular weight is 444 g/mol. The number of amides is 1. The number of nitrogens with two attached hydrogens (primary N) is 3. The molecule has 0 radical (unpaired) electrons. The maximum absolute atomic E-state index is 12.7. The Bertz CT molecular complexity index is 1220. The molecule has 4 rings (SSSR count). The van der Waals surface area contributed by atoms with E-state index in [9.17, 15) is 4.79 Å². The SMILES string of the molecule is CCc1ccc(Oc2cc3c(cc2N=C(N)N=C(N)N)NC(=O)C(c2ccccc2)O3)cc1. The van der Waals surface area contributed by atoms with Crippen LogP contribution in [0.1, 0.15) is 24.2 Å². The zero-order valence-electron chi connectivity index (χ0n) is 18.0. The van der Waals surface area contributed by atoms with Crippen LogP contribution in [0.25, 0.3) is 0 Å². The summed E-state index contributed by atoms with van der Waals surface area (Å²) < 4.78 is 12.1. The molecule has 3 aromatic carbocycles. The lowest BCUT2D eigenvalue weighted by atomic mass is 10.1. The van der Waals surface area contributed by atoms with Crippen LogP contribution >= 0.6 is 0 Å². The van der Waals surface area contributed by atoms with Crippen LogP contribution in [0.2, 0.25) is 0 Å². The number of anilines is 1. The smallest absolute Gasteiger partial charge is 0.270 e. The number of hydrogen-bond donors (Lipinski definition) is 4. The molecule has 0 aromatic heterocycles. The molecule has 1 aliphatic rings. The van der Waals surface area contributed by atoms with Gasteiger partial charge in [0.1, 0.15) is 17.2 Å². The first-order valence-corrected chi connectivity index (χ1v) is 10.3. The number of ether oxygens (including phenoxy) is 2. The van der Waals surface area contributed by atoms with E-state index in [1.54, 1.807) is 12.1 Å². The van der Waals surface area contributed by atoms with Crippen LogP contribution in [0.5, 0.6) is 17.2 Å². The van der Waals surface area contributed by atoms with Crippen molar-refractivity contribution in [2.24, 2.45) is 27.2 Å². The fourth-order valence-electron chi connectivity index (χ4n) is 3.34. The number of nitrogens with one attached hydrogen (secondary N) is 1. The van der Waals surface area contributed by atoms with E-state index in [0.717, 1.165) is 12.0 Å². The Kier molecular flexibility index (Phi) is 6.12. The third kappa shape index (κ3) is 5.04. The van der Waals surface area contributed by atoms with Gasteiger partial charge >= 0.3 is 0 Å². The second-order valence-electron chi connectivity index (χ2n) is 7.32. The molecule has 0 aliphatic carbocycles. The summed E-state index contributed by atoms with van der Waals surface area (Å²) in [5.41, 5.74) is 19.3. The molecule has 7 N–H and O–H groups in total. The van der Waals surface area contributed by atoms with Gasteiger partial charge < -0.3 is 32.0 Å². The van der Waals surface area contributed by atoms with Crippen molar-refractivity contribution in [2.75, 3.05) is 5.32 Å². The minimum atomic E-state index is -0.795. The third-order valence-corrected chi connectivity index (χ3v) is 4.94. The van der Waals surface area contributed by atoms with Gasteiger partial charge in [0.15, 0.2) is 11.7 Å². The molecule has 168 valence electrons. The zero-order chi connectivity index (χ0) is 23.4. The molecule has 0 saturated heterocycles. The van der Waals surface area contributed by atoms with Gasteiger partial charge in [0.05, 0.1) is 5.69 Å². The Hall–Kier alpha value is -4.53. The van der Waals surface area contributed by atoms with Gasteiger partial charge in [-0.2, -0.15) is 4.99 Å². The average Bonchev–Trinajstić information content (AvgIpc) is 2.80. The highest BCUT2D eigenvalue weighted by Gasteiger charge is 2.30. The van der Waals surface area contributed by atoms with Crippen molar-refractivity contribution in [3.8, 4) is 17.2 Å². The fourth-order valence-corrected chi connectivity index (χ4v) is 3.34. The third-order valence-electron chi connectivity index (χ3n) is 4.94. The number of hydrogen-bond acceptors (Lipinski definition) is 4. The standard InChI is InChI=1S/C24H24N6O3/c1-2-14-8-10-16(11-9-14)32-19-13-20-17(12-18(19)29-24(27)30-23(25)26)28-22(31)21(33-20)15-6-4-3-5-7-15/h3-13,21H,2H2,1H3,(H,28,31)(H6,25,26,27,29,30). The van der Waals surface area contributed by atoms with Crippen LogP contribution in [0.3, 0.4) is 0 Å². The number of carbonyl (C=O) groups is 1. The molecule has 0 saturated carbocycles. The molecular weight excluding hydrogens is 420 g/mol. The first-order chi connectivity index (χ1) is 15.9. The van der Waals surface area contributed by atoms with Crippen molar-refractivity contribution in [3.63, 3.8) is 0 Å². The van der Waals surface area contributed by atoms with Gasteiger partial charge in [-0.15, -0.1) is 0 Å². The van der Waals surface area contributed by atoms with E-state index in [0.29, 0.717) is 28.6 Å². The Morgan fingerprint density at radius 3 is 2.45 bits per heavy atom. The molecular formula is C24H24N6O3. The van der Waals surface area contributed by atoms with Crippen molar-refractivity contribution >= 4 is 29.2 Å². The van der Waals surface area contributed by atoms with Crippen LogP contribution in [0.15, 0.2) is 76.7 Å². The van der Waals surface area contributed by atoms with Crippen LogP contribution in [-0.2, 0) is 11.2 Å². The van der Waals surface area contributed by atoms with E-state index in [2.05, 4.69) is 22.2 Å². The van der Waals surface area contributed by atoms with Crippen LogP contribution < -0.4 is 32.0 Å². The number of benzene rings is 3. The van der Waals surface area contributed by atoms with Gasteiger partial charge in [-0.25, -0.2) is 4.99 Å². The molecule has 0 bridgehead atoms. The molecule has 1 aliphatic heterocycles. The molecule has 0 fully saturated rings. The van der Waals surface area contributed by atoms with Crippen LogP contribution in [-0.4, -0.2) is 17.8 Å². The number of carbonyl (C=O) groups excluding carboxylic acids is 1. The number of aliphatic imine (C=N–C) groups is 2. The zero-order valence-corrected chi connectivity index (χ0v) is 18.0. The Labute approximate surface area is 190 Å². The maximum atomic E-state index is 12.7. The lowest BCUT2D eigenvalue weighted by molar-refractivity contribution is -0.123. The highest BCUT2D eigenvalue weighted by atomic mass is 16.5. The summed E-state index contributed by atoms with van der Waals surface area (Å²) in [7, 11) is 0. The van der Waals surface area contributed by atoms with E-state index in [-0.39, 0.29) is 17.8 Å². The second-order valence-corrected chi connectivity index (χ2v) is 7.32. The number of fused-ring (bicyclic) bond motifs is 1. The molecule has 1 atom stereocenters. The van der Waals surface area contributed by atoms with Crippen molar-refractivity contribution in [1.82, 2.24) is 0 Å². The normalized spacial score (nSPS) is 15.1. The van der Waals surface area contributed by atoms with E-state index in [4.69, 9.17) is 26.7 Å². The molecule has 1 amide bonds. The Morgan fingerprint density at radius 2 is 1.79 bits per heavy atom. The van der Waals surface area contributed by atoms with Crippen molar-refractivity contribution < 1.29 is 14.3 Å². The highest BCUT2D eigenvalue weighted by Crippen LogP contribution is 2.44. The lowest BCUT2D eigenvalue weighted by Crippen LogP contribution is -2.30. The molecule has 1 unspecified atom stereocenters. The van der Waals surface area contributed by atoms with Crippen LogP contribution in [0.4, 0.5) is 11.4 Å². The van der Waals surface area contributed by atoms with Gasteiger partial charge in [0.2, 0.25) is 12.1 Å². The maximum Gasteiger partial charge on any atom is 0.270 e.